The zero-order valence-electron chi connectivity index (χ0n) is 13.2. The first-order chi connectivity index (χ1) is 11.3. The normalized spacial score (nSPS) is 23.8. The number of amides is 2. The molecular weight excluding hydrogens is 310 g/mol. The average molecular weight is 333 g/mol. The fourth-order valence-electron chi connectivity index (χ4n) is 3.16. The van der Waals surface area contributed by atoms with Crippen molar-refractivity contribution in [1.82, 2.24) is 15.5 Å². The van der Waals surface area contributed by atoms with Crippen LogP contribution in [-0.4, -0.2) is 53.9 Å². The molecule has 0 bridgehead atoms. The van der Waals surface area contributed by atoms with Gasteiger partial charge in [0.15, 0.2) is 0 Å². The lowest BCUT2D eigenvalue weighted by Crippen LogP contribution is -2.53. The molecule has 6 heteroatoms. The van der Waals surface area contributed by atoms with Gasteiger partial charge in [0.05, 0.1) is 0 Å². The molecule has 2 amide bonds. The van der Waals surface area contributed by atoms with Crippen molar-refractivity contribution in [3.63, 3.8) is 0 Å². The van der Waals surface area contributed by atoms with Gasteiger partial charge in [-0.2, -0.15) is 11.8 Å². The molecule has 0 radical (unpaired) electrons. The standard InChI is InChI=1S/C17H23N3O2S/c21-16-14(7-4-8-18-16)19-17(22)15(13-5-2-1-3-6-13)20-9-11-23-12-10-20/h1-3,5-6,14-15H,4,7-12H2,(H,18,21)(H,19,22)/t14-,15-/m1/s1. The van der Waals surface area contributed by atoms with Crippen molar-refractivity contribution < 1.29 is 9.59 Å². The highest BCUT2D eigenvalue weighted by Gasteiger charge is 2.32. The van der Waals surface area contributed by atoms with Crippen molar-refractivity contribution in [1.29, 1.82) is 0 Å². The molecule has 2 atom stereocenters. The van der Waals surface area contributed by atoms with E-state index in [-0.39, 0.29) is 17.9 Å². The number of benzene rings is 1. The molecule has 0 saturated carbocycles. The highest BCUT2D eigenvalue weighted by molar-refractivity contribution is 7.99. The number of carbonyl (C=O) groups is 2. The topological polar surface area (TPSA) is 61.4 Å². The summed E-state index contributed by atoms with van der Waals surface area (Å²) in [4.78, 5) is 27.1. The van der Waals surface area contributed by atoms with Crippen LogP contribution < -0.4 is 10.6 Å². The van der Waals surface area contributed by atoms with Gasteiger partial charge in [-0.05, 0) is 18.4 Å². The number of carbonyl (C=O) groups excluding carboxylic acids is 2. The third kappa shape index (κ3) is 4.06. The van der Waals surface area contributed by atoms with E-state index < -0.39 is 6.04 Å². The Morgan fingerprint density at radius 2 is 2.00 bits per heavy atom. The van der Waals surface area contributed by atoms with E-state index in [1.165, 1.54) is 0 Å². The number of piperidine rings is 1. The third-order valence-corrected chi connectivity index (χ3v) is 5.32. The summed E-state index contributed by atoms with van der Waals surface area (Å²) in [5.74, 6) is 1.96. The molecule has 0 aliphatic carbocycles. The molecule has 1 aromatic carbocycles. The molecule has 2 heterocycles. The molecule has 0 spiro atoms. The number of rotatable bonds is 4. The fourth-order valence-corrected chi connectivity index (χ4v) is 4.09. The molecule has 0 unspecified atom stereocenters. The summed E-state index contributed by atoms with van der Waals surface area (Å²) in [7, 11) is 0. The molecule has 2 fully saturated rings. The molecular formula is C17H23N3O2S. The van der Waals surface area contributed by atoms with E-state index in [1.54, 1.807) is 0 Å². The lowest BCUT2D eigenvalue weighted by Gasteiger charge is -2.35. The Morgan fingerprint density at radius 1 is 1.26 bits per heavy atom. The van der Waals surface area contributed by atoms with Gasteiger partial charge in [-0.1, -0.05) is 30.3 Å². The Kier molecular flexibility index (Phi) is 5.56. The number of thioether (sulfide) groups is 1. The second-order valence-electron chi connectivity index (χ2n) is 5.96. The van der Waals surface area contributed by atoms with E-state index in [9.17, 15) is 9.59 Å². The number of hydrogen-bond donors (Lipinski definition) is 2. The summed E-state index contributed by atoms with van der Waals surface area (Å²) in [5.41, 5.74) is 0.994. The van der Waals surface area contributed by atoms with Crippen LogP contribution in [0.1, 0.15) is 24.4 Å². The van der Waals surface area contributed by atoms with Crippen molar-refractivity contribution in [3.8, 4) is 0 Å². The highest BCUT2D eigenvalue weighted by Crippen LogP contribution is 2.25. The fraction of sp³-hybridized carbons (Fsp3) is 0.529. The molecule has 2 aliphatic heterocycles. The lowest BCUT2D eigenvalue weighted by molar-refractivity contribution is -0.133. The Bertz CT molecular complexity index is 546. The maximum atomic E-state index is 12.9. The number of hydrogen-bond acceptors (Lipinski definition) is 4. The van der Waals surface area contributed by atoms with E-state index in [0.29, 0.717) is 6.54 Å². The number of nitrogens with one attached hydrogen (secondary N) is 2. The Balaban J connectivity index is 1.76. The minimum atomic E-state index is -0.401. The van der Waals surface area contributed by atoms with Gasteiger partial charge in [0.25, 0.3) is 0 Å². The van der Waals surface area contributed by atoms with Crippen LogP contribution in [0.5, 0.6) is 0 Å². The van der Waals surface area contributed by atoms with Gasteiger partial charge in [-0.15, -0.1) is 0 Å². The minimum Gasteiger partial charge on any atom is -0.354 e. The molecule has 1 aromatic rings. The van der Waals surface area contributed by atoms with Crippen LogP contribution >= 0.6 is 11.8 Å². The van der Waals surface area contributed by atoms with Crippen LogP contribution in [-0.2, 0) is 9.59 Å². The predicted octanol–water partition coefficient (Wildman–Crippen LogP) is 1.17. The van der Waals surface area contributed by atoms with Gasteiger partial charge in [0.1, 0.15) is 12.1 Å². The van der Waals surface area contributed by atoms with E-state index in [1.807, 2.05) is 42.1 Å². The first-order valence-corrected chi connectivity index (χ1v) is 9.36. The quantitative estimate of drug-likeness (QED) is 0.868. The predicted molar refractivity (Wildman–Crippen MR) is 92.3 cm³/mol. The van der Waals surface area contributed by atoms with Gasteiger partial charge in [-0.25, -0.2) is 0 Å². The van der Waals surface area contributed by atoms with Crippen molar-refractivity contribution in [2.75, 3.05) is 31.1 Å². The first kappa shape index (κ1) is 16.3. The summed E-state index contributed by atoms with van der Waals surface area (Å²) in [6.07, 6.45) is 1.63. The SMILES string of the molecule is O=C1NCCC[C@H]1NC(=O)[C@@H](c1ccccc1)N1CCSCC1. The second kappa shape index (κ2) is 7.84. The molecule has 2 saturated heterocycles. The van der Waals surface area contributed by atoms with Crippen molar-refractivity contribution >= 4 is 23.6 Å². The van der Waals surface area contributed by atoms with Crippen molar-refractivity contribution in [3.05, 3.63) is 35.9 Å². The first-order valence-electron chi connectivity index (χ1n) is 8.20. The zero-order valence-corrected chi connectivity index (χ0v) is 14.0. The monoisotopic (exact) mass is 333 g/mol. The van der Waals surface area contributed by atoms with Gasteiger partial charge in [0, 0.05) is 31.1 Å². The summed E-state index contributed by atoms with van der Waals surface area (Å²) < 4.78 is 0. The highest BCUT2D eigenvalue weighted by atomic mass is 32.2. The van der Waals surface area contributed by atoms with E-state index in [4.69, 9.17) is 0 Å². The van der Waals surface area contributed by atoms with Crippen LogP contribution in [0.4, 0.5) is 0 Å². The van der Waals surface area contributed by atoms with Crippen LogP contribution in [0.3, 0.4) is 0 Å². The smallest absolute Gasteiger partial charge is 0.242 e. The second-order valence-corrected chi connectivity index (χ2v) is 7.18. The minimum absolute atomic E-state index is 0.0642. The Labute approximate surface area is 141 Å². The summed E-state index contributed by atoms with van der Waals surface area (Å²) in [6.45, 7) is 2.50. The maximum Gasteiger partial charge on any atom is 0.242 e. The maximum absolute atomic E-state index is 12.9. The lowest BCUT2D eigenvalue weighted by atomic mass is 10.0. The van der Waals surface area contributed by atoms with Gasteiger partial charge in [0.2, 0.25) is 11.8 Å². The summed E-state index contributed by atoms with van der Waals surface area (Å²) in [5, 5.41) is 5.79. The third-order valence-electron chi connectivity index (χ3n) is 4.38. The molecule has 2 N–H and O–H groups in total. The molecule has 3 rings (SSSR count). The summed E-state index contributed by atoms with van der Waals surface area (Å²) >= 11 is 1.92. The van der Waals surface area contributed by atoms with Crippen LogP contribution in [0.25, 0.3) is 0 Å². The Morgan fingerprint density at radius 3 is 2.70 bits per heavy atom. The summed E-state index contributed by atoms with van der Waals surface area (Å²) in [6, 6.07) is 9.15. The van der Waals surface area contributed by atoms with E-state index in [0.717, 1.165) is 43.0 Å². The van der Waals surface area contributed by atoms with E-state index >= 15 is 0 Å². The average Bonchev–Trinajstić information content (AvgIpc) is 2.59. The van der Waals surface area contributed by atoms with Crippen LogP contribution in [0, 0.1) is 0 Å². The molecule has 2 aliphatic rings. The van der Waals surface area contributed by atoms with E-state index in [2.05, 4.69) is 15.5 Å². The molecule has 0 aromatic heterocycles. The van der Waals surface area contributed by atoms with Gasteiger partial charge in [-0.3, -0.25) is 14.5 Å². The number of nitrogens with zero attached hydrogens (tertiary/aromatic N) is 1. The van der Waals surface area contributed by atoms with Crippen molar-refractivity contribution in [2.45, 2.75) is 24.9 Å². The van der Waals surface area contributed by atoms with Crippen LogP contribution in [0.15, 0.2) is 30.3 Å². The van der Waals surface area contributed by atoms with Gasteiger partial charge >= 0.3 is 0 Å². The van der Waals surface area contributed by atoms with Crippen LogP contribution in [0.2, 0.25) is 0 Å². The molecule has 124 valence electrons. The van der Waals surface area contributed by atoms with Crippen molar-refractivity contribution in [2.24, 2.45) is 0 Å². The largest absolute Gasteiger partial charge is 0.354 e. The molecule has 5 nitrogen and oxygen atoms in total. The zero-order chi connectivity index (χ0) is 16.1. The van der Waals surface area contributed by atoms with Gasteiger partial charge < -0.3 is 10.6 Å². The Hall–Kier alpha value is -1.53. The molecule has 23 heavy (non-hydrogen) atoms.